The van der Waals surface area contributed by atoms with Crippen molar-refractivity contribution in [2.75, 3.05) is 36.5 Å². The summed E-state index contributed by atoms with van der Waals surface area (Å²) in [5, 5.41) is 3.20. The smallest absolute Gasteiger partial charge is 0.320 e. The second kappa shape index (κ2) is 8.12. The van der Waals surface area contributed by atoms with Gasteiger partial charge in [-0.2, -0.15) is 0 Å². The van der Waals surface area contributed by atoms with Crippen molar-refractivity contribution in [2.45, 2.75) is 25.3 Å². The Balaban J connectivity index is 1.47. The molecule has 1 atom stereocenters. The third kappa shape index (κ3) is 4.02. The zero-order chi connectivity index (χ0) is 19.7. The molecular formula is C18H21FN4O3S2. The highest BCUT2D eigenvalue weighted by atomic mass is 32.2. The zero-order valence-electron chi connectivity index (χ0n) is 15.2. The fourth-order valence-corrected chi connectivity index (χ4v) is 5.53. The average molecular weight is 425 g/mol. The van der Waals surface area contributed by atoms with E-state index in [-0.39, 0.29) is 17.8 Å². The first kappa shape index (κ1) is 19.3. The third-order valence-electron chi connectivity index (χ3n) is 5.08. The number of aromatic nitrogens is 1. The van der Waals surface area contributed by atoms with Gasteiger partial charge in [0.15, 0.2) is 5.13 Å². The maximum absolute atomic E-state index is 13.4. The summed E-state index contributed by atoms with van der Waals surface area (Å²) in [7, 11) is -0.861. The van der Waals surface area contributed by atoms with Crippen molar-refractivity contribution in [2.24, 2.45) is 0 Å². The summed E-state index contributed by atoms with van der Waals surface area (Å²) >= 11 is 1.21. The van der Waals surface area contributed by atoms with E-state index in [1.54, 1.807) is 15.9 Å². The molecule has 10 heteroatoms. The molecule has 2 aromatic rings. The quantitative estimate of drug-likeness (QED) is 0.803. The lowest BCUT2D eigenvalue weighted by Crippen LogP contribution is -2.56. The van der Waals surface area contributed by atoms with Crippen LogP contribution in [0.4, 0.5) is 14.3 Å². The summed E-state index contributed by atoms with van der Waals surface area (Å²) < 4.78 is 25.6. The van der Waals surface area contributed by atoms with Crippen LogP contribution in [0.15, 0.2) is 18.2 Å². The second-order valence-corrected chi connectivity index (χ2v) is 9.67. The number of amides is 3. The van der Waals surface area contributed by atoms with Gasteiger partial charge in [-0.05, 0) is 37.5 Å². The lowest BCUT2D eigenvalue weighted by molar-refractivity contribution is -0.121. The Morgan fingerprint density at radius 1 is 1.21 bits per heavy atom. The second-order valence-electron chi connectivity index (χ2n) is 6.94. The highest BCUT2D eigenvalue weighted by Crippen LogP contribution is 2.28. The van der Waals surface area contributed by atoms with Gasteiger partial charge in [-0.1, -0.05) is 11.3 Å². The normalized spacial score (nSPS) is 21.1. The predicted octanol–water partition coefficient (Wildman–Crippen LogP) is 2.41. The number of anilines is 1. The first-order valence-electron chi connectivity index (χ1n) is 9.29. The lowest BCUT2D eigenvalue weighted by atomic mass is 10.0. The number of carbonyl (C=O) groups excluding carboxylic acids is 2. The van der Waals surface area contributed by atoms with Gasteiger partial charge < -0.3 is 15.1 Å². The number of hydrogen-bond donors (Lipinski definition) is 1. The molecule has 2 saturated heterocycles. The predicted molar refractivity (Wildman–Crippen MR) is 107 cm³/mol. The molecule has 0 aliphatic carbocycles. The van der Waals surface area contributed by atoms with Crippen molar-refractivity contribution in [1.82, 2.24) is 14.8 Å². The van der Waals surface area contributed by atoms with Gasteiger partial charge >= 0.3 is 6.03 Å². The van der Waals surface area contributed by atoms with E-state index in [1.807, 2.05) is 0 Å². The first-order valence-corrected chi connectivity index (χ1v) is 11.6. The minimum atomic E-state index is -0.861. The van der Waals surface area contributed by atoms with Crippen LogP contribution in [-0.2, 0) is 15.6 Å². The Kier molecular flexibility index (Phi) is 5.58. The SMILES string of the molecule is O=C(Nc1nc2ccc(F)cc2s1)C1CCCCN1C(=O)N1CCS(=O)CC1. The summed E-state index contributed by atoms with van der Waals surface area (Å²) in [6, 6.07) is 3.58. The van der Waals surface area contributed by atoms with Crippen LogP contribution in [0.2, 0.25) is 0 Å². The van der Waals surface area contributed by atoms with E-state index in [1.165, 1.54) is 23.5 Å². The molecule has 2 aliphatic rings. The van der Waals surface area contributed by atoms with Crippen LogP contribution in [-0.4, -0.2) is 68.1 Å². The maximum atomic E-state index is 13.4. The molecule has 4 rings (SSSR count). The summed E-state index contributed by atoms with van der Waals surface area (Å²) in [4.78, 5) is 33.4. The number of likely N-dealkylation sites (tertiary alicyclic amines) is 1. The van der Waals surface area contributed by atoms with Crippen molar-refractivity contribution >= 4 is 49.4 Å². The van der Waals surface area contributed by atoms with Crippen LogP contribution < -0.4 is 5.32 Å². The summed E-state index contributed by atoms with van der Waals surface area (Å²) in [6.45, 7) is 1.45. The molecule has 150 valence electrons. The molecule has 2 aliphatic heterocycles. The molecule has 7 nitrogen and oxygen atoms in total. The molecule has 0 spiro atoms. The number of thiazole rings is 1. The van der Waals surface area contributed by atoms with E-state index in [2.05, 4.69) is 10.3 Å². The number of nitrogens with zero attached hydrogens (tertiary/aromatic N) is 3. The van der Waals surface area contributed by atoms with E-state index in [0.717, 1.165) is 12.8 Å². The first-order chi connectivity index (χ1) is 13.5. The molecule has 3 amide bonds. The Hall–Kier alpha value is -2.07. The third-order valence-corrected chi connectivity index (χ3v) is 7.29. The van der Waals surface area contributed by atoms with Crippen LogP contribution in [0.1, 0.15) is 19.3 Å². The number of piperidine rings is 1. The van der Waals surface area contributed by atoms with Gasteiger partial charge in [-0.15, -0.1) is 0 Å². The standard InChI is InChI=1S/C18H21FN4O3S2/c19-12-4-5-13-15(11-12)27-17(20-13)21-16(24)14-3-1-2-6-23(14)18(25)22-7-9-28(26)10-8-22/h4-5,11,14H,1-3,6-10H2,(H,20,21,24). The molecule has 0 bridgehead atoms. The highest BCUT2D eigenvalue weighted by molar-refractivity contribution is 7.85. The number of rotatable bonds is 2. The fraction of sp³-hybridized carbons (Fsp3) is 0.500. The van der Waals surface area contributed by atoms with Crippen LogP contribution in [0.5, 0.6) is 0 Å². The van der Waals surface area contributed by atoms with Crippen molar-refractivity contribution < 1.29 is 18.2 Å². The van der Waals surface area contributed by atoms with Crippen LogP contribution in [0, 0.1) is 5.82 Å². The van der Waals surface area contributed by atoms with E-state index >= 15 is 0 Å². The van der Waals surface area contributed by atoms with Gasteiger partial charge in [-0.3, -0.25) is 9.00 Å². The largest absolute Gasteiger partial charge is 0.323 e. The summed E-state index contributed by atoms with van der Waals surface area (Å²) in [5.41, 5.74) is 0.625. The molecule has 1 N–H and O–H groups in total. The molecule has 0 saturated carbocycles. The Bertz CT molecular complexity index is 925. The van der Waals surface area contributed by atoms with E-state index in [9.17, 15) is 18.2 Å². The fourth-order valence-electron chi connectivity index (χ4n) is 3.58. The molecule has 3 heterocycles. The maximum Gasteiger partial charge on any atom is 0.320 e. The Labute approximate surface area is 168 Å². The number of carbonyl (C=O) groups is 2. The van der Waals surface area contributed by atoms with Gasteiger partial charge in [0.05, 0.1) is 10.2 Å². The Morgan fingerprint density at radius 3 is 2.79 bits per heavy atom. The number of hydrogen-bond acceptors (Lipinski definition) is 5. The molecule has 0 radical (unpaired) electrons. The van der Waals surface area contributed by atoms with Gasteiger partial charge in [0.1, 0.15) is 11.9 Å². The van der Waals surface area contributed by atoms with Crippen molar-refractivity contribution in [3.63, 3.8) is 0 Å². The summed E-state index contributed by atoms with van der Waals surface area (Å²) in [6.07, 6.45) is 2.32. The highest BCUT2D eigenvalue weighted by Gasteiger charge is 2.35. The molecule has 2 fully saturated rings. The molecule has 1 aromatic heterocycles. The molecule has 28 heavy (non-hydrogen) atoms. The van der Waals surface area contributed by atoms with E-state index < -0.39 is 16.8 Å². The van der Waals surface area contributed by atoms with Gasteiger partial charge in [-0.25, -0.2) is 14.2 Å². The number of urea groups is 1. The van der Waals surface area contributed by atoms with Crippen molar-refractivity contribution in [1.29, 1.82) is 0 Å². The number of benzene rings is 1. The van der Waals surface area contributed by atoms with Gasteiger partial charge in [0.2, 0.25) is 5.91 Å². The Morgan fingerprint density at radius 2 is 2.00 bits per heavy atom. The number of fused-ring (bicyclic) bond motifs is 1. The minimum Gasteiger partial charge on any atom is -0.323 e. The van der Waals surface area contributed by atoms with Gasteiger partial charge in [0.25, 0.3) is 0 Å². The van der Waals surface area contributed by atoms with Gasteiger partial charge in [0, 0.05) is 41.9 Å². The van der Waals surface area contributed by atoms with Crippen molar-refractivity contribution in [3.8, 4) is 0 Å². The summed E-state index contributed by atoms with van der Waals surface area (Å²) in [5.74, 6) is 0.353. The minimum absolute atomic E-state index is 0.164. The molecule has 1 unspecified atom stereocenters. The average Bonchev–Trinajstić information content (AvgIpc) is 3.09. The zero-order valence-corrected chi connectivity index (χ0v) is 16.9. The molecular weight excluding hydrogens is 403 g/mol. The molecule has 1 aromatic carbocycles. The van der Waals surface area contributed by atoms with E-state index in [0.29, 0.717) is 52.9 Å². The van der Waals surface area contributed by atoms with Crippen LogP contribution in [0.25, 0.3) is 10.2 Å². The number of nitrogens with one attached hydrogen (secondary N) is 1. The van der Waals surface area contributed by atoms with E-state index in [4.69, 9.17) is 0 Å². The lowest BCUT2D eigenvalue weighted by Gasteiger charge is -2.39. The topological polar surface area (TPSA) is 82.6 Å². The van der Waals surface area contributed by atoms with Crippen LogP contribution >= 0.6 is 11.3 Å². The monoisotopic (exact) mass is 424 g/mol. The number of halogens is 1. The van der Waals surface area contributed by atoms with Crippen LogP contribution in [0.3, 0.4) is 0 Å². The van der Waals surface area contributed by atoms with Crippen molar-refractivity contribution in [3.05, 3.63) is 24.0 Å².